The molecule has 1 aromatic heterocycles. The van der Waals surface area contributed by atoms with Gasteiger partial charge in [-0.2, -0.15) is 18.3 Å². The van der Waals surface area contributed by atoms with Crippen LogP contribution < -0.4 is 5.73 Å². The molecule has 0 radical (unpaired) electrons. The molecule has 0 spiro atoms. The highest BCUT2D eigenvalue weighted by atomic mass is 19.4. The molecule has 0 saturated carbocycles. The predicted octanol–water partition coefficient (Wildman–Crippen LogP) is 3.19. The molecular formula is C20H23F3N4O. The number of hydrogen-bond donors (Lipinski definition) is 1. The van der Waals surface area contributed by atoms with Crippen LogP contribution in [0.2, 0.25) is 0 Å². The van der Waals surface area contributed by atoms with E-state index in [1.807, 2.05) is 6.92 Å². The van der Waals surface area contributed by atoms with Gasteiger partial charge in [0, 0.05) is 23.8 Å². The number of halogens is 3. The first-order valence-electron chi connectivity index (χ1n) is 9.59. The first kappa shape index (κ1) is 19.0. The van der Waals surface area contributed by atoms with Crippen LogP contribution in [0.3, 0.4) is 0 Å². The summed E-state index contributed by atoms with van der Waals surface area (Å²) in [4.78, 5) is 15.0. The Labute approximate surface area is 161 Å². The summed E-state index contributed by atoms with van der Waals surface area (Å²) < 4.78 is 40.8. The van der Waals surface area contributed by atoms with E-state index in [1.54, 1.807) is 11.0 Å². The van der Waals surface area contributed by atoms with Gasteiger partial charge in [-0.1, -0.05) is 6.07 Å². The summed E-state index contributed by atoms with van der Waals surface area (Å²) in [6.45, 7) is 3.13. The Bertz CT molecular complexity index is 905. The number of nitrogens with two attached hydrogens (primary N) is 1. The molecule has 2 unspecified atom stereocenters. The van der Waals surface area contributed by atoms with E-state index in [4.69, 9.17) is 5.73 Å². The standard InChI is InChI=1S/C20H23F3N4O/c1-12-8-13(10-24)11-26(12)19(28)18-16-6-3-7-17(16)27(25-18)15-5-2-4-14(9-15)20(21,22)23/h2,4-5,9,12-13H,3,6-8,10-11,24H2,1H3. The topological polar surface area (TPSA) is 64.2 Å². The van der Waals surface area contributed by atoms with E-state index >= 15 is 0 Å². The van der Waals surface area contributed by atoms with Crippen LogP contribution in [0.15, 0.2) is 24.3 Å². The third-order valence-electron chi connectivity index (χ3n) is 5.81. The van der Waals surface area contributed by atoms with Crippen molar-refractivity contribution < 1.29 is 18.0 Å². The first-order valence-corrected chi connectivity index (χ1v) is 9.59. The van der Waals surface area contributed by atoms with Gasteiger partial charge in [-0.05, 0) is 63.3 Å². The number of carbonyl (C=O) groups is 1. The summed E-state index contributed by atoms with van der Waals surface area (Å²) in [5.41, 5.74) is 7.45. The maximum Gasteiger partial charge on any atom is 0.416 e. The molecule has 5 nitrogen and oxygen atoms in total. The van der Waals surface area contributed by atoms with Gasteiger partial charge >= 0.3 is 6.18 Å². The highest BCUT2D eigenvalue weighted by molar-refractivity contribution is 5.94. The van der Waals surface area contributed by atoms with Crippen LogP contribution in [0.25, 0.3) is 5.69 Å². The molecule has 2 N–H and O–H groups in total. The van der Waals surface area contributed by atoms with Gasteiger partial charge in [0.2, 0.25) is 0 Å². The minimum Gasteiger partial charge on any atom is -0.334 e. The van der Waals surface area contributed by atoms with E-state index < -0.39 is 11.7 Å². The normalized spacial score (nSPS) is 22.0. The molecular weight excluding hydrogens is 369 g/mol. The van der Waals surface area contributed by atoms with Gasteiger partial charge in [0.25, 0.3) is 5.91 Å². The molecule has 2 aromatic rings. The molecule has 1 aromatic carbocycles. The lowest BCUT2D eigenvalue weighted by atomic mass is 10.1. The molecule has 1 saturated heterocycles. The molecule has 1 fully saturated rings. The number of alkyl halides is 3. The smallest absolute Gasteiger partial charge is 0.334 e. The quantitative estimate of drug-likeness (QED) is 0.873. The average Bonchev–Trinajstić information content (AvgIpc) is 3.35. The molecule has 150 valence electrons. The van der Waals surface area contributed by atoms with Crippen molar-refractivity contribution in [3.05, 3.63) is 46.8 Å². The van der Waals surface area contributed by atoms with Crippen LogP contribution >= 0.6 is 0 Å². The van der Waals surface area contributed by atoms with Crippen LogP contribution in [0.1, 0.15) is 47.1 Å². The van der Waals surface area contributed by atoms with Crippen LogP contribution in [0.5, 0.6) is 0 Å². The van der Waals surface area contributed by atoms with E-state index in [-0.39, 0.29) is 17.9 Å². The number of likely N-dealkylation sites (tertiary alicyclic amines) is 1. The van der Waals surface area contributed by atoms with Crippen LogP contribution in [0.4, 0.5) is 13.2 Å². The van der Waals surface area contributed by atoms with E-state index in [0.717, 1.165) is 42.7 Å². The number of amides is 1. The van der Waals surface area contributed by atoms with E-state index in [2.05, 4.69) is 5.10 Å². The van der Waals surface area contributed by atoms with Gasteiger partial charge in [-0.25, -0.2) is 4.68 Å². The maximum absolute atomic E-state index is 13.2. The lowest BCUT2D eigenvalue weighted by Crippen LogP contribution is -2.35. The van der Waals surface area contributed by atoms with Crippen LogP contribution in [0, 0.1) is 5.92 Å². The molecule has 2 heterocycles. The predicted molar refractivity (Wildman–Crippen MR) is 98.3 cm³/mol. The first-order chi connectivity index (χ1) is 13.3. The van der Waals surface area contributed by atoms with Crippen molar-refractivity contribution in [2.45, 2.75) is 44.8 Å². The second-order valence-electron chi connectivity index (χ2n) is 7.73. The Morgan fingerprint density at radius 1 is 1.32 bits per heavy atom. The largest absolute Gasteiger partial charge is 0.416 e. The van der Waals surface area contributed by atoms with Gasteiger partial charge in [0.05, 0.1) is 11.3 Å². The number of nitrogens with zero attached hydrogens (tertiary/aromatic N) is 3. The third-order valence-corrected chi connectivity index (χ3v) is 5.81. The van der Waals surface area contributed by atoms with E-state index in [1.165, 1.54) is 10.7 Å². The Morgan fingerprint density at radius 3 is 2.79 bits per heavy atom. The van der Waals surface area contributed by atoms with Gasteiger partial charge in [0.1, 0.15) is 0 Å². The molecule has 0 bridgehead atoms. The fraction of sp³-hybridized carbons (Fsp3) is 0.500. The second-order valence-corrected chi connectivity index (χ2v) is 7.73. The van der Waals surface area contributed by atoms with Crippen molar-refractivity contribution >= 4 is 5.91 Å². The van der Waals surface area contributed by atoms with E-state index in [0.29, 0.717) is 30.9 Å². The summed E-state index contributed by atoms with van der Waals surface area (Å²) in [7, 11) is 0. The summed E-state index contributed by atoms with van der Waals surface area (Å²) >= 11 is 0. The summed E-state index contributed by atoms with van der Waals surface area (Å²) in [5.74, 6) is 0.130. The Morgan fingerprint density at radius 2 is 2.11 bits per heavy atom. The number of fused-ring (bicyclic) bond motifs is 1. The minimum absolute atomic E-state index is 0.0804. The van der Waals surface area contributed by atoms with Crippen molar-refractivity contribution in [3.8, 4) is 5.69 Å². The number of benzene rings is 1. The van der Waals surface area contributed by atoms with Crippen molar-refractivity contribution in [2.24, 2.45) is 11.7 Å². The molecule has 2 atom stereocenters. The van der Waals surface area contributed by atoms with Crippen molar-refractivity contribution in [3.63, 3.8) is 0 Å². The zero-order valence-corrected chi connectivity index (χ0v) is 15.7. The van der Waals surface area contributed by atoms with Gasteiger partial charge in [-0.15, -0.1) is 0 Å². The van der Waals surface area contributed by atoms with Crippen LogP contribution in [-0.4, -0.2) is 39.7 Å². The Hall–Kier alpha value is -2.35. The fourth-order valence-electron chi connectivity index (χ4n) is 4.37. The van der Waals surface area contributed by atoms with E-state index in [9.17, 15) is 18.0 Å². The Balaban J connectivity index is 1.72. The maximum atomic E-state index is 13.2. The minimum atomic E-state index is -4.42. The molecule has 2 aliphatic rings. The highest BCUT2D eigenvalue weighted by Gasteiger charge is 2.36. The van der Waals surface area contributed by atoms with Crippen LogP contribution in [-0.2, 0) is 19.0 Å². The molecule has 1 amide bonds. The second kappa shape index (κ2) is 6.92. The third kappa shape index (κ3) is 3.19. The van der Waals surface area contributed by atoms with Crippen molar-refractivity contribution in [1.29, 1.82) is 0 Å². The molecule has 4 rings (SSSR count). The molecule has 1 aliphatic heterocycles. The number of carbonyl (C=O) groups excluding carboxylic acids is 1. The number of hydrogen-bond acceptors (Lipinski definition) is 3. The zero-order chi connectivity index (χ0) is 20.1. The molecule has 28 heavy (non-hydrogen) atoms. The van der Waals surface area contributed by atoms with Gasteiger partial charge in [0.15, 0.2) is 5.69 Å². The summed E-state index contributed by atoms with van der Waals surface area (Å²) in [5, 5.41) is 4.48. The molecule has 8 heteroatoms. The monoisotopic (exact) mass is 392 g/mol. The lowest BCUT2D eigenvalue weighted by Gasteiger charge is -2.20. The fourth-order valence-corrected chi connectivity index (χ4v) is 4.37. The van der Waals surface area contributed by atoms with Gasteiger partial charge in [-0.3, -0.25) is 4.79 Å². The summed E-state index contributed by atoms with van der Waals surface area (Å²) in [6, 6.07) is 5.17. The van der Waals surface area contributed by atoms with Gasteiger partial charge < -0.3 is 10.6 Å². The number of aromatic nitrogens is 2. The Kier molecular flexibility index (Phi) is 4.69. The van der Waals surface area contributed by atoms with Crippen molar-refractivity contribution in [2.75, 3.05) is 13.1 Å². The highest BCUT2D eigenvalue weighted by Crippen LogP contribution is 2.33. The SMILES string of the molecule is CC1CC(CN)CN1C(=O)c1nn(-c2cccc(C(F)(F)F)c2)c2c1CCC2. The molecule has 1 aliphatic carbocycles. The lowest BCUT2D eigenvalue weighted by molar-refractivity contribution is -0.137. The average molecular weight is 392 g/mol. The summed E-state index contributed by atoms with van der Waals surface area (Å²) in [6.07, 6.45) is -1.27. The zero-order valence-electron chi connectivity index (χ0n) is 15.7. The van der Waals surface area contributed by atoms with Crippen molar-refractivity contribution in [1.82, 2.24) is 14.7 Å². The number of rotatable bonds is 3.